The quantitative estimate of drug-likeness (QED) is 0.617. The van der Waals surface area contributed by atoms with Gasteiger partial charge in [0.2, 0.25) is 0 Å². The van der Waals surface area contributed by atoms with Crippen LogP contribution >= 0.6 is 15.9 Å². The first-order valence-corrected chi connectivity index (χ1v) is 7.33. The first kappa shape index (κ1) is 16.6. The summed E-state index contributed by atoms with van der Waals surface area (Å²) in [7, 11) is 1.41. The number of nitrogens with one attached hydrogen (secondary N) is 1. The number of halogens is 1. The molecule has 0 aliphatic rings. The van der Waals surface area contributed by atoms with Crippen LogP contribution < -0.4 is 10.1 Å². The third-order valence-corrected chi connectivity index (χ3v) is 3.42. The number of benzene rings is 1. The fourth-order valence-corrected chi connectivity index (χ4v) is 2.29. The normalized spacial score (nSPS) is 10.9. The van der Waals surface area contributed by atoms with E-state index in [1.165, 1.54) is 19.4 Å². The molecule has 2 N–H and O–H groups in total. The number of methoxy groups -OCH3 is 1. The molecule has 0 aliphatic carbocycles. The molecule has 0 saturated heterocycles. The molecule has 0 radical (unpaired) electrons. The van der Waals surface area contributed by atoms with Gasteiger partial charge in [0.25, 0.3) is 5.91 Å². The Hall–Kier alpha value is -2.72. The Labute approximate surface area is 141 Å². The molecule has 0 atom stereocenters. The summed E-state index contributed by atoms with van der Waals surface area (Å²) in [6.07, 6.45) is 2.79. The van der Waals surface area contributed by atoms with Crippen molar-refractivity contribution >= 4 is 27.9 Å². The topological polar surface area (TPSA) is 95.5 Å². The Morgan fingerprint density at radius 1 is 1.57 bits per heavy atom. The Balaban J connectivity index is 2.23. The lowest BCUT2D eigenvalue weighted by molar-refractivity contribution is -0.117. The fourth-order valence-electron chi connectivity index (χ4n) is 1.84. The van der Waals surface area contributed by atoms with Crippen LogP contribution in [0, 0.1) is 11.3 Å². The number of hydrogen-bond donors (Lipinski definition) is 2. The lowest BCUT2D eigenvalue weighted by Gasteiger charge is -2.08. The van der Waals surface area contributed by atoms with Crippen molar-refractivity contribution in [2.75, 3.05) is 7.11 Å². The summed E-state index contributed by atoms with van der Waals surface area (Å²) in [5.41, 5.74) is 0.146. The predicted octanol–water partition coefficient (Wildman–Crippen LogP) is 2.98. The van der Waals surface area contributed by atoms with Crippen molar-refractivity contribution in [2.45, 2.75) is 6.54 Å². The molecule has 6 nitrogen and oxygen atoms in total. The molecule has 1 heterocycles. The molecular weight excluding hydrogens is 364 g/mol. The molecule has 0 spiro atoms. The predicted molar refractivity (Wildman–Crippen MR) is 86.5 cm³/mol. The monoisotopic (exact) mass is 376 g/mol. The summed E-state index contributed by atoms with van der Waals surface area (Å²) < 4.78 is 10.8. The number of nitrogens with zero attached hydrogens (tertiary/aromatic N) is 1. The van der Waals surface area contributed by atoms with Crippen LogP contribution in [0.3, 0.4) is 0 Å². The summed E-state index contributed by atoms with van der Waals surface area (Å²) in [5, 5.41) is 21.8. The number of phenols is 1. The van der Waals surface area contributed by atoms with Crippen molar-refractivity contribution in [3.05, 3.63) is 51.9 Å². The van der Waals surface area contributed by atoms with Gasteiger partial charge in [-0.05, 0) is 30.3 Å². The van der Waals surface area contributed by atoms with Crippen LogP contribution in [-0.2, 0) is 11.3 Å². The Morgan fingerprint density at radius 3 is 2.96 bits per heavy atom. The Morgan fingerprint density at radius 2 is 2.35 bits per heavy atom. The summed E-state index contributed by atoms with van der Waals surface area (Å²) in [5.74, 6) is 0.0889. The summed E-state index contributed by atoms with van der Waals surface area (Å²) in [6.45, 7) is 0.165. The highest BCUT2D eigenvalue weighted by Crippen LogP contribution is 2.34. The van der Waals surface area contributed by atoms with Gasteiger partial charge in [-0.25, -0.2) is 0 Å². The highest BCUT2D eigenvalue weighted by Gasteiger charge is 2.13. The number of carbonyl (C=O) groups excluding carboxylic acids is 1. The van der Waals surface area contributed by atoms with Gasteiger partial charge in [-0.15, -0.1) is 0 Å². The van der Waals surface area contributed by atoms with Crippen LogP contribution in [-0.4, -0.2) is 18.1 Å². The van der Waals surface area contributed by atoms with Crippen LogP contribution in [0.4, 0.5) is 0 Å². The van der Waals surface area contributed by atoms with Crippen molar-refractivity contribution in [2.24, 2.45) is 0 Å². The maximum absolute atomic E-state index is 12.1. The van der Waals surface area contributed by atoms with Crippen LogP contribution in [0.15, 0.2) is 45.0 Å². The number of carbonyl (C=O) groups is 1. The third-order valence-electron chi connectivity index (χ3n) is 2.96. The first-order chi connectivity index (χ1) is 11.0. The second-order valence-electron chi connectivity index (χ2n) is 4.48. The fraction of sp³-hybridized carbons (Fsp3) is 0.125. The Kier molecular flexibility index (Phi) is 5.44. The molecule has 0 unspecified atom stereocenters. The summed E-state index contributed by atoms with van der Waals surface area (Å²) in [6, 6.07) is 8.39. The van der Waals surface area contributed by atoms with Gasteiger partial charge in [0.05, 0.1) is 19.9 Å². The average molecular weight is 377 g/mol. The number of rotatable bonds is 5. The molecule has 7 heteroatoms. The van der Waals surface area contributed by atoms with Crippen LogP contribution in [0.25, 0.3) is 6.08 Å². The minimum Gasteiger partial charge on any atom is -0.504 e. The van der Waals surface area contributed by atoms with Gasteiger partial charge < -0.3 is 19.6 Å². The molecular formula is C16H13BrN2O4. The van der Waals surface area contributed by atoms with E-state index < -0.39 is 5.91 Å². The van der Waals surface area contributed by atoms with Crippen molar-refractivity contribution in [3.8, 4) is 17.6 Å². The number of nitriles is 1. The van der Waals surface area contributed by atoms with Gasteiger partial charge >= 0.3 is 0 Å². The van der Waals surface area contributed by atoms with Gasteiger partial charge in [0, 0.05) is 10.0 Å². The van der Waals surface area contributed by atoms with Gasteiger partial charge in [0.15, 0.2) is 11.5 Å². The zero-order valence-electron chi connectivity index (χ0n) is 12.2. The molecule has 1 aromatic carbocycles. The van der Waals surface area contributed by atoms with Gasteiger partial charge in [-0.2, -0.15) is 5.26 Å². The minimum atomic E-state index is -0.567. The molecule has 2 aromatic rings. The van der Waals surface area contributed by atoms with Crippen molar-refractivity contribution in [3.63, 3.8) is 0 Å². The number of amides is 1. The van der Waals surface area contributed by atoms with Gasteiger partial charge in [-0.1, -0.05) is 15.9 Å². The van der Waals surface area contributed by atoms with Crippen molar-refractivity contribution < 1.29 is 19.1 Å². The molecule has 0 fully saturated rings. The van der Waals surface area contributed by atoms with Gasteiger partial charge in [-0.3, -0.25) is 4.79 Å². The third kappa shape index (κ3) is 4.14. The van der Waals surface area contributed by atoms with E-state index in [0.717, 1.165) is 0 Å². The standard InChI is InChI=1S/C16H13BrN2O4/c1-22-14-7-12(17)6-10(15(14)20)5-11(8-18)16(21)19-9-13-3-2-4-23-13/h2-7,20H,9H2,1H3,(H,19,21)/b11-5+. The summed E-state index contributed by atoms with van der Waals surface area (Å²) in [4.78, 5) is 12.1. The highest BCUT2D eigenvalue weighted by atomic mass is 79.9. The van der Waals surface area contributed by atoms with Gasteiger partial charge in [0.1, 0.15) is 17.4 Å². The van der Waals surface area contributed by atoms with E-state index in [1.807, 2.05) is 6.07 Å². The van der Waals surface area contributed by atoms with E-state index in [0.29, 0.717) is 15.8 Å². The Bertz CT molecular complexity index is 776. The number of furan rings is 1. The molecule has 0 aliphatic heterocycles. The maximum atomic E-state index is 12.1. The van der Waals surface area contributed by atoms with Crippen LogP contribution in [0.1, 0.15) is 11.3 Å². The summed E-state index contributed by atoms with van der Waals surface area (Å²) >= 11 is 3.28. The van der Waals surface area contributed by atoms with E-state index in [2.05, 4.69) is 21.2 Å². The molecule has 23 heavy (non-hydrogen) atoms. The minimum absolute atomic E-state index is 0.146. The van der Waals surface area contributed by atoms with Crippen molar-refractivity contribution in [1.29, 1.82) is 5.26 Å². The second-order valence-corrected chi connectivity index (χ2v) is 5.39. The second kappa shape index (κ2) is 7.51. The molecule has 0 bridgehead atoms. The van der Waals surface area contributed by atoms with Crippen LogP contribution in [0.5, 0.6) is 11.5 Å². The zero-order valence-corrected chi connectivity index (χ0v) is 13.8. The van der Waals surface area contributed by atoms with Crippen molar-refractivity contribution in [1.82, 2.24) is 5.32 Å². The van der Waals surface area contributed by atoms with Crippen LogP contribution in [0.2, 0.25) is 0 Å². The SMILES string of the molecule is COc1cc(Br)cc(/C=C(\C#N)C(=O)NCc2ccco2)c1O. The lowest BCUT2D eigenvalue weighted by atomic mass is 10.1. The van der Waals surface area contributed by atoms with E-state index in [4.69, 9.17) is 9.15 Å². The number of aromatic hydroxyl groups is 1. The smallest absolute Gasteiger partial charge is 0.262 e. The maximum Gasteiger partial charge on any atom is 0.262 e. The highest BCUT2D eigenvalue weighted by molar-refractivity contribution is 9.10. The molecule has 1 aromatic heterocycles. The molecule has 118 valence electrons. The molecule has 2 rings (SSSR count). The number of phenolic OH excluding ortho intramolecular Hbond substituents is 1. The van der Waals surface area contributed by atoms with E-state index >= 15 is 0 Å². The largest absolute Gasteiger partial charge is 0.504 e. The molecule has 0 saturated carbocycles. The first-order valence-electron chi connectivity index (χ1n) is 6.54. The van der Waals surface area contributed by atoms with E-state index in [-0.39, 0.29) is 23.6 Å². The zero-order chi connectivity index (χ0) is 16.8. The van der Waals surface area contributed by atoms with E-state index in [1.54, 1.807) is 24.3 Å². The lowest BCUT2D eigenvalue weighted by Crippen LogP contribution is -2.23. The molecule has 1 amide bonds. The number of hydrogen-bond acceptors (Lipinski definition) is 5. The number of ether oxygens (including phenoxy) is 1. The average Bonchev–Trinajstić information content (AvgIpc) is 3.06. The van der Waals surface area contributed by atoms with E-state index in [9.17, 15) is 15.2 Å².